The first-order chi connectivity index (χ1) is 12.1. The molecule has 0 saturated carbocycles. The van der Waals surface area contributed by atoms with Gasteiger partial charge in [0.1, 0.15) is 6.04 Å². The Balaban J connectivity index is 1.93. The van der Waals surface area contributed by atoms with Crippen LogP contribution in [0, 0.1) is 5.92 Å². The lowest BCUT2D eigenvalue weighted by Crippen LogP contribution is -2.29. The summed E-state index contributed by atoms with van der Waals surface area (Å²) in [4.78, 5) is 29.9. The van der Waals surface area contributed by atoms with Crippen molar-refractivity contribution < 1.29 is 9.59 Å². The summed E-state index contributed by atoms with van der Waals surface area (Å²) in [5.41, 5.74) is 1.66. The van der Waals surface area contributed by atoms with E-state index in [1.807, 2.05) is 74.8 Å². The first-order valence-electron chi connectivity index (χ1n) is 8.71. The Hall–Kier alpha value is -2.46. The van der Waals surface area contributed by atoms with Gasteiger partial charge in [0.2, 0.25) is 5.91 Å². The Morgan fingerprint density at radius 3 is 2.12 bits per heavy atom. The molecule has 1 aliphatic rings. The van der Waals surface area contributed by atoms with Crippen LogP contribution in [-0.2, 0) is 9.59 Å². The van der Waals surface area contributed by atoms with Crippen LogP contribution < -0.4 is 4.90 Å². The van der Waals surface area contributed by atoms with Crippen molar-refractivity contribution in [3.8, 4) is 0 Å². The van der Waals surface area contributed by atoms with Crippen LogP contribution in [0.2, 0.25) is 0 Å². The van der Waals surface area contributed by atoms with Crippen LogP contribution in [0.15, 0.2) is 60.7 Å². The molecule has 2 unspecified atom stereocenters. The first-order valence-corrected chi connectivity index (χ1v) is 8.71. The predicted octanol–water partition coefficient (Wildman–Crippen LogP) is 3.30. The Morgan fingerprint density at radius 2 is 1.52 bits per heavy atom. The molecule has 0 N–H and O–H groups in total. The molecular formula is C21H24N2O2. The second-order valence-corrected chi connectivity index (χ2v) is 6.76. The van der Waals surface area contributed by atoms with Crippen LogP contribution in [0.25, 0.3) is 0 Å². The van der Waals surface area contributed by atoms with Crippen molar-refractivity contribution >= 4 is 17.4 Å². The third-order valence-electron chi connectivity index (χ3n) is 4.65. The summed E-state index contributed by atoms with van der Waals surface area (Å²) >= 11 is 0. The van der Waals surface area contributed by atoms with Gasteiger partial charge in [0.15, 0.2) is 5.78 Å². The van der Waals surface area contributed by atoms with Gasteiger partial charge in [-0.1, -0.05) is 48.5 Å². The van der Waals surface area contributed by atoms with E-state index in [-0.39, 0.29) is 11.7 Å². The minimum absolute atomic E-state index is 0.0128. The number of carbonyl (C=O) groups is 2. The number of hydrogen-bond donors (Lipinski definition) is 0. The maximum absolute atomic E-state index is 13.1. The van der Waals surface area contributed by atoms with E-state index in [1.165, 1.54) is 0 Å². The molecule has 3 rings (SSSR count). The molecule has 0 aliphatic carbocycles. The topological polar surface area (TPSA) is 40.6 Å². The zero-order valence-electron chi connectivity index (χ0n) is 14.8. The summed E-state index contributed by atoms with van der Waals surface area (Å²) < 4.78 is 0. The Morgan fingerprint density at radius 1 is 0.920 bits per heavy atom. The Bertz CT molecular complexity index is 671. The van der Waals surface area contributed by atoms with E-state index in [0.29, 0.717) is 6.42 Å². The highest BCUT2D eigenvalue weighted by molar-refractivity contribution is 6.19. The number of benzene rings is 2. The van der Waals surface area contributed by atoms with Gasteiger partial charge in [0.05, 0.1) is 5.92 Å². The molecule has 0 spiro atoms. The van der Waals surface area contributed by atoms with Crippen LogP contribution in [-0.4, -0.2) is 37.2 Å². The lowest BCUT2D eigenvalue weighted by molar-refractivity contribution is -0.127. The lowest BCUT2D eigenvalue weighted by atomic mass is 9.94. The molecule has 0 radical (unpaired) electrons. The molecule has 25 heavy (non-hydrogen) atoms. The highest BCUT2D eigenvalue weighted by Crippen LogP contribution is 2.38. The van der Waals surface area contributed by atoms with Crippen LogP contribution in [0.4, 0.5) is 5.69 Å². The molecule has 0 aromatic heterocycles. The SMILES string of the molecule is CN(C)CCCC1C(=O)C(c2ccccc2)N(c2ccccc2)C1=O. The number of nitrogens with zero attached hydrogens (tertiary/aromatic N) is 2. The van der Waals surface area contributed by atoms with Crippen molar-refractivity contribution in [1.82, 2.24) is 4.90 Å². The third-order valence-corrected chi connectivity index (χ3v) is 4.65. The zero-order chi connectivity index (χ0) is 17.8. The minimum atomic E-state index is -0.551. The number of amides is 1. The maximum Gasteiger partial charge on any atom is 0.238 e. The van der Waals surface area contributed by atoms with Gasteiger partial charge in [-0.15, -0.1) is 0 Å². The molecule has 0 bridgehead atoms. The quantitative estimate of drug-likeness (QED) is 0.760. The number of Topliss-reactive ketones (excluding diaryl/α,β-unsaturated/α-hetero) is 1. The Labute approximate surface area is 149 Å². The highest BCUT2D eigenvalue weighted by Gasteiger charge is 2.47. The number of anilines is 1. The zero-order valence-corrected chi connectivity index (χ0v) is 14.8. The van der Waals surface area contributed by atoms with Gasteiger partial charge in [0, 0.05) is 5.69 Å². The summed E-state index contributed by atoms with van der Waals surface area (Å²) in [6.07, 6.45) is 1.43. The van der Waals surface area contributed by atoms with Gasteiger partial charge in [-0.25, -0.2) is 0 Å². The van der Waals surface area contributed by atoms with Crippen molar-refractivity contribution in [2.45, 2.75) is 18.9 Å². The highest BCUT2D eigenvalue weighted by atomic mass is 16.2. The second-order valence-electron chi connectivity index (χ2n) is 6.76. The molecule has 2 aromatic carbocycles. The van der Waals surface area contributed by atoms with Gasteiger partial charge in [-0.05, 0) is 51.2 Å². The molecule has 4 nitrogen and oxygen atoms in total. The van der Waals surface area contributed by atoms with E-state index >= 15 is 0 Å². The fourth-order valence-electron chi connectivity index (χ4n) is 3.43. The number of hydrogen-bond acceptors (Lipinski definition) is 3. The number of carbonyl (C=O) groups excluding carboxylic acids is 2. The molecule has 1 fully saturated rings. The molecule has 1 amide bonds. The standard InChI is InChI=1S/C21H24N2O2/c1-22(2)15-9-14-18-20(24)19(16-10-5-3-6-11-16)23(21(18)25)17-12-7-4-8-13-17/h3-8,10-13,18-19H,9,14-15H2,1-2H3. The Kier molecular flexibility index (Phi) is 5.29. The van der Waals surface area contributed by atoms with Gasteiger partial charge < -0.3 is 4.90 Å². The van der Waals surface area contributed by atoms with Gasteiger partial charge in [-0.2, -0.15) is 0 Å². The number of ketones is 1. The summed E-state index contributed by atoms with van der Waals surface area (Å²) in [5.74, 6) is -0.618. The van der Waals surface area contributed by atoms with Crippen molar-refractivity contribution in [3.05, 3.63) is 66.2 Å². The van der Waals surface area contributed by atoms with Gasteiger partial charge in [-0.3, -0.25) is 14.5 Å². The van der Waals surface area contributed by atoms with E-state index in [9.17, 15) is 9.59 Å². The largest absolute Gasteiger partial charge is 0.309 e. The molecule has 2 atom stereocenters. The number of rotatable bonds is 6. The molecule has 1 saturated heterocycles. The summed E-state index contributed by atoms with van der Waals surface area (Å²) in [6, 6.07) is 18.6. The van der Waals surface area contributed by atoms with E-state index in [2.05, 4.69) is 4.90 Å². The molecule has 130 valence electrons. The van der Waals surface area contributed by atoms with Crippen LogP contribution in [0.3, 0.4) is 0 Å². The average Bonchev–Trinajstić information content (AvgIpc) is 2.87. The normalized spacial score (nSPS) is 20.5. The van der Waals surface area contributed by atoms with E-state index in [4.69, 9.17) is 0 Å². The lowest BCUT2D eigenvalue weighted by Gasteiger charge is -2.24. The second kappa shape index (κ2) is 7.62. The number of para-hydroxylation sites is 1. The van der Waals surface area contributed by atoms with Crippen molar-refractivity contribution in [1.29, 1.82) is 0 Å². The molecular weight excluding hydrogens is 312 g/mol. The van der Waals surface area contributed by atoms with Crippen LogP contribution >= 0.6 is 0 Å². The van der Waals surface area contributed by atoms with Gasteiger partial charge in [0.25, 0.3) is 0 Å². The fraction of sp³-hybridized carbons (Fsp3) is 0.333. The van der Waals surface area contributed by atoms with Crippen molar-refractivity contribution in [2.24, 2.45) is 5.92 Å². The fourth-order valence-corrected chi connectivity index (χ4v) is 3.43. The van der Waals surface area contributed by atoms with Crippen molar-refractivity contribution in [3.63, 3.8) is 0 Å². The minimum Gasteiger partial charge on any atom is -0.309 e. The average molecular weight is 336 g/mol. The first kappa shape index (κ1) is 17.4. The molecule has 2 aromatic rings. The third kappa shape index (κ3) is 3.64. The van der Waals surface area contributed by atoms with Crippen molar-refractivity contribution in [2.75, 3.05) is 25.5 Å². The van der Waals surface area contributed by atoms with Crippen LogP contribution in [0.1, 0.15) is 24.4 Å². The van der Waals surface area contributed by atoms with E-state index < -0.39 is 12.0 Å². The van der Waals surface area contributed by atoms with Gasteiger partial charge >= 0.3 is 0 Å². The maximum atomic E-state index is 13.1. The predicted molar refractivity (Wildman–Crippen MR) is 99.4 cm³/mol. The smallest absolute Gasteiger partial charge is 0.238 e. The molecule has 1 aliphatic heterocycles. The summed E-state index contributed by atoms with van der Waals surface area (Å²) in [6.45, 7) is 0.873. The van der Waals surface area contributed by atoms with E-state index in [1.54, 1.807) is 4.90 Å². The molecule has 4 heteroatoms. The van der Waals surface area contributed by atoms with E-state index in [0.717, 1.165) is 24.2 Å². The molecule has 1 heterocycles. The monoisotopic (exact) mass is 336 g/mol. The summed E-state index contributed by atoms with van der Waals surface area (Å²) in [7, 11) is 4.00. The van der Waals surface area contributed by atoms with Crippen LogP contribution in [0.5, 0.6) is 0 Å². The summed E-state index contributed by atoms with van der Waals surface area (Å²) in [5, 5.41) is 0.